The van der Waals surface area contributed by atoms with Gasteiger partial charge in [0.2, 0.25) is 0 Å². The second-order valence-corrected chi connectivity index (χ2v) is 6.08. The highest BCUT2D eigenvalue weighted by Crippen LogP contribution is 2.27. The number of rotatable bonds is 7. The van der Waals surface area contributed by atoms with E-state index in [0.717, 1.165) is 16.5 Å². The Hall–Kier alpha value is -3.85. The molecule has 3 rings (SSSR count). The second-order valence-electron chi connectivity index (χ2n) is 6.08. The molecule has 0 unspecified atom stereocenters. The minimum Gasteiger partial charge on any atom is -0.496 e. The third kappa shape index (κ3) is 4.71. The zero-order chi connectivity index (χ0) is 20.6. The number of nitrogens with zero attached hydrogens (tertiary/aromatic N) is 2. The van der Waals surface area contributed by atoms with Gasteiger partial charge in [-0.2, -0.15) is 5.26 Å². The first kappa shape index (κ1) is 19.9. The Morgan fingerprint density at radius 1 is 1.17 bits per heavy atom. The fourth-order valence-corrected chi connectivity index (χ4v) is 2.86. The maximum absolute atomic E-state index is 11.9. The predicted molar refractivity (Wildman–Crippen MR) is 109 cm³/mol. The van der Waals surface area contributed by atoms with Gasteiger partial charge in [-0.1, -0.05) is 24.3 Å². The molecule has 2 aromatic carbocycles. The minimum atomic E-state index is -0.648. The molecule has 0 spiro atoms. The average molecular weight is 388 g/mol. The molecule has 0 saturated carbocycles. The molecule has 0 atom stereocenters. The van der Waals surface area contributed by atoms with Gasteiger partial charge in [0.05, 0.1) is 13.7 Å². The van der Waals surface area contributed by atoms with Gasteiger partial charge in [-0.25, -0.2) is 4.79 Å². The van der Waals surface area contributed by atoms with E-state index in [4.69, 9.17) is 14.2 Å². The third-order valence-electron chi connectivity index (χ3n) is 4.21. The van der Waals surface area contributed by atoms with Crippen molar-refractivity contribution in [1.82, 2.24) is 4.98 Å². The van der Waals surface area contributed by atoms with Crippen molar-refractivity contribution in [2.75, 3.05) is 13.7 Å². The summed E-state index contributed by atoms with van der Waals surface area (Å²) in [6, 6.07) is 16.8. The van der Waals surface area contributed by atoms with Crippen LogP contribution in [0.5, 0.6) is 11.5 Å². The van der Waals surface area contributed by atoms with Crippen LogP contribution in [0.3, 0.4) is 0 Å². The van der Waals surface area contributed by atoms with E-state index in [1.807, 2.05) is 42.5 Å². The zero-order valence-electron chi connectivity index (χ0n) is 16.2. The number of para-hydroxylation sites is 1. The van der Waals surface area contributed by atoms with Crippen molar-refractivity contribution in [3.63, 3.8) is 0 Å². The highest BCUT2D eigenvalue weighted by atomic mass is 16.5. The molecule has 0 amide bonds. The molecule has 0 aliphatic carbocycles. The normalized spacial score (nSPS) is 11.0. The number of benzene rings is 2. The number of nitriles is 1. The Balaban J connectivity index is 1.88. The lowest BCUT2D eigenvalue weighted by Gasteiger charge is -2.12. The molecule has 0 aliphatic heterocycles. The molecule has 3 aromatic rings. The number of carbonyl (C=O) groups excluding carboxylic acids is 1. The van der Waals surface area contributed by atoms with Gasteiger partial charge in [0.25, 0.3) is 0 Å². The fourth-order valence-electron chi connectivity index (χ4n) is 2.86. The van der Waals surface area contributed by atoms with Gasteiger partial charge in [-0.15, -0.1) is 0 Å². The van der Waals surface area contributed by atoms with Crippen LogP contribution in [0.25, 0.3) is 17.0 Å². The van der Waals surface area contributed by atoms with Crippen LogP contribution in [0.1, 0.15) is 18.1 Å². The molecular formula is C23H20N2O4. The number of hydrogen-bond donors (Lipinski definition) is 0. The van der Waals surface area contributed by atoms with Crippen LogP contribution in [0, 0.1) is 11.3 Å². The van der Waals surface area contributed by atoms with E-state index in [9.17, 15) is 10.1 Å². The van der Waals surface area contributed by atoms with Crippen molar-refractivity contribution < 1.29 is 19.0 Å². The van der Waals surface area contributed by atoms with E-state index >= 15 is 0 Å². The van der Waals surface area contributed by atoms with Crippen molar-refractivity contribution in [2.45, 2.75) is 13.5 Å². The Bertz CT molecular complexity index is 1090. The Morgan fingerprint density at radius 3 is 2.76 bits per heavy atom. The van der Waals surface area contributed by atoms with Crippen molar-refractivity contribution in [3.05, 3.63) is 71.4 Å². The van der Waals surface area contributed by atoms with Crippen LogP contribution in [0.4, 0.5) is 0 Å². The second kappa shape index (κ2) is 9.38. The van der Waals surface area contributed by atoms with Crippen LogP contribution < -0.4 is 9.47 Å². The highest BCUT2D eigenvalue weighted by molar-refractivity contribution is 5.97. The van der Waals surface area contributed by atoms with Gasteiger partial charge >= 0.3 is 5.97 Å². The summed E-state index contributed by atoms with van der Waals surface area (Å²) in [5.41, 5.74) is 2.15. The maximum atomic E-state index is 11.9. The summed E-state index contributed by atoms with van der Waals surface area (Å²) in [7, 11) is 1.58. The number of fused-ring (bicyclic) bond motifs is 1. The standard InChI is InChI=1S/C23H20N2O4/c1-3-28-23(26)18(14-24)12-16-9-10-20(27-2)19(13-16)15-29-21-8-4-6-17-7-5-11-25-22(17)21/h4-13H,3,15H2,1-2H3/b18-12-. The highest BCUT2D eigenvalue weighted by Gasteiger charge is 2.12. The Kier molecular flexibility index (Phi) is 6.43. The van der Waals surface area contributed by atoms with E-state index < -0.39 is 5.97 Å². The molecule has 1 aromatic heterocycles. The summed E-state index contributed by atoms with van der Waals surface area (Å²) in [4.78, 5) is 16.2. The van der Waals surface area contributed by atoms with Gasteiger partial charge in [0, 0.05) is 17.1 Å². The van der Waals surface area contributed by atoms with E-state index in [1.54, 1.807) is 32.4 Å². The maximum Gasteiger partial charge on any atom is 0.348 e. The van der Waals surface area contributed by atoms with E-state index in [1.165, 1.54) is 6.08 Å². The lowest BCUT2D eigenvalue weighted by Crippen LogP contribution is -2.06. The summed E-state index contributed by atoms with van der Waals surface area (Å²) >= 11 is 0. The van der Waals surface area contributed by atoms with Crippen LogP contribution in [0.2, 0.25) is 0 Å². The SMILES string of the molecule is CCOC(=O)/C(C#N)=C\c1ccc(OC)c(COc2cccc3cccnc23)c1. The van der Waals surface area contributed by atoms with Crippen LogP contribution in [-0.4, -0.2) is 24.7 Å². The largest absolute Gasteiger partial charge is 0.496 e. The number of ether oxygens (including phenoxy) is 3. The van der Waals surface area contributed by atoms with E-state index in [2.05, 4.69) is 4.98 Å². The number of hydrogen-bond acceptors (Lipinski definition) is 6. The van der Waals surface area contributed by atoms with Crippen LogP contribution >= 0.6 is 0 Å². The summed E-state index contributed by atoms with van der Waals surface area (Å²) in [5.74, 6) is 0.658. The predicted octanol–water partition coefficient (Wildman–Crippen LogP) is 4.29. The van der Waals surface area contributed by atoms with Gasteiger partial charge < -0.3 is 14.2 Å². The smallest absolute Gasteiger partial charge is 0.348 e. The van der Waals surface area contributed by atoms with Crippen molar-refractivity contribution in [2.24, 2.45) is 0 Å². The summed E-state index contributed by atoms with van der Waals surface area (Å²) in [6.07, 6.45) is 3.21. The molecule has 0 N–H and O–H groups in total. The molecule has 6 heteroatoms. The first-order chi connectivity index (χ1) is 14.2. The third-order valence-corrected chi connectivity index (χ3v) is 4.21. The lowest BCUT2D eigenvalue weighted by molar-refractivity contribution is -0.137. The molecule has 0 fully saturated rings. The lowest BCUT2D eigenvalue weighted by atomic mass is 10.1. The summed E-state index contributed by atoms with van der Waals surface area (Å²) in [5, 5.41) is 10.2. The van der Waals surface area contributed by atoms with E-state index in [0.29, 0.717) is 17.1 Å². The number of methoxy groups -OCH3 is 1. The van der Waals surface area contributed by atoms with Gasteiger partial charge in [-0.05, 0) is 42.8 Å². The summed E-state index contributed by atoms with van der Waals surface area (Å²) in [6.45, 7) is 2.14. The number of pyridine rings is 1. The molecule has 0 saturated heterocycles. The number of esters is 1. The fraction of sp³-hybridized carbons (Fsp3) is 0.174. The molecule has 29 heavy (non-hydrogen) atoms. The van der Waals surface area contributed by atoms with Crippen LogP contribution in [0.15, 0.2) is 60.3 Å². The van der Waals surface area contributed by atoms with E-state index in [-0.39, 0.29) is 18.8 Å². The first-order valence-electron chi connectivity index (χ1n) is 9.08. The number of aromatic nitrogens is 1. The quantitative estimate of drug-likeness (QED) is 0.341. The minimum absolute atomic E-state index is 0.0675. The van der Waals surface area contributed by atoms with Crippen molar-refractivity contribution >= 4 is 22.9 Å². The monoisotopic (exact) mass is 388 g/mol. The topological polar surface area (TPSA) is 81.4 Å². The molecule has 6 nitrogen and oxygen atoms in total. The van der Waals surface area contributed by atoms with Gasteiger partial charge in [0.15, 0.2) is 0 Å². The first-order valence-corrected chi connectivity index (χ1v) is 9.08. The molecule has 146 valence electrons. The molecule has 0 bridgehead atoms. The average Bonchev–Trinajstić information content (AvgIpc) is 2.76. The van der Waals surface area contributed by atoms with Crippen LogP contribution in [-0.2, 0) is 16.1 Å². The van der Waals surface area contributed by atoms with Gasteiger partial charge in [-0.3, -0.25) is 4.98 Å². The Labute approximate surface area is 169 Å². The zero-order valence-corrected chi connectivity index (χ0v) is 16.2. The van der Waals surface area contributed by atoms with Gasteiger partial charge in [0.1, 0.15) is 35.3 Å². The molecular weight excluding hydrogens is 368 g/mol. The van der Waals surface area contributed by atoms with Crippen molar-refractivity contribution in [3.8, 4) is 17.6 Å². The molecule has 0 aliphatic rings. The summed E-state index contributed by atoms with van der Waals surface area (Å²) < 4.78 is 16.3. The molecule has 0 radical (unpaired) electrons. The molecule has 1 heterocycles. The van der Waals surface area contributed by atoms with Crippen molar-refractivity contribution in [1.29, 1.82) is 5.26 Å². The Morgan fingerprint density at radius 2 is 2.00 bits per heavy atom. The number of carbonyl (C=O) groups is 1.